The Bertz CT molecular complexity index is 1540. The number of aromatic amines is 1. The number of carbonyl (C=O) groups excluding carboxylic acids is 2. The second-order valence-corrected chi connectivity index (χ2v) is 9.75. The van der Waals surface area contributed by atoms with Gasteiger partial charge in [0, 0.05) is 52.2 Å². The highest BCUT2D eigenvalue weighted by molar-refractivity contribution is 6.09. The molecule has 1 aromatic heterocycles. The number of halogens is 3. The van der Waals surface area contributed by atoms with E-state index in [-0.39, 0.29) is 30.8 Å². The molecule has 1 saturated heterocycles. The summed E-state index contributed by atoms with van der Waals surface area (Å²) in [5.41, 5.74) is 2.73. The molecule has 2 aliphatic rings. The van der Waals surface area contributed by atoms with E-state index in [0.717, 1.165) is 33.9 Å². The number of aromatic nitrogens is 1. The van der Waals surface area contributed by atoms with Crippen molar-refractivity contribution in [2.45, 2.75) is 31.7 Å². The van der Waals surface area contributed by atoms with Gasteiger partial charge in [-0.05, 0) is 49.2 Å². The second-order valence-electron chi connectivity index (χ2n) is 9.75. The summed E-state index contributed by atoms with van der Waals surface area (Å²) in [6, 6.07) is 16.8. The van der Waals surface area contributed by atoms with Gasteiger partial charge in [-0.25, -0.2) is 4.79 Å². The van der Waals surface area contributed by atoms with E-state index in [2.05, 4.69) is 10.3 Å². The van der Waals surface area contributed by atoms with Crippen molar-refractivity contribution in [2.75, 3.05) is 29.9 Å². The van der Waals surface area contributed by atoms with Gasteiger partial charge in [-0.1, -0.05) is 24.3 Å². The summed E-state index contributed by atoms with van der Waals surface area (Å²) in [7, 11) is 0. The average molecular weight is 523 g/mol. The normalized spacial score (nSPS) is 17.0. The lowest BCUT2D eigenvalue weighted by Gasteiger charge is -2.40. The maximum atomic E-state index is 13.3. The lowest BCUT2D eigenvalue weighted by molar-refractivity contribution is -0.137. The first-order valence-corrected chi connectivity index (χ1v) is 12.4. The van der Waals surface area contributed by atoms with Crippen molar-refractivity contribution >= 4 is 45.2 Å². The van der Waals surface area contributed by atoms with Crippen LogP contribution in [0.25, 0.3) is 21.8 Å². The Hall–Kier alpha value is -4.05. The third kappa shape index (κ3) is 4.56. The molecule has 6 rings (SSSR count). The number of anilines is 2. The second kappa shape index (κ2) is 9.36. The van der Waals surface area contributed by atoms with Crippen LogP contribution in [0.3, 0.4) is 0 Å². The fourth-order valence-corrected chi connectivity index (χ4v) is 5.40. The van der Waals surface area contributed by atoms with Gasteiger partial charge in [0.15, 0.2) is 0 Å². The van der Waals surface area contributed by atoms with Crippen molar-refractivity contribution in [1.29, 1.82) is 0 Å². The number of nitrogens with zero attached hydrogens (tertiary/aromatic N) is 2. The number of ether oxygens (including phenoxy) is 1. The number of benzene rings is 3. The van der Waals surface area contributed by atoms with Gasteiger partial charge in [0.25, 0.3) is 0 Å². The summed E-state index contributed by atoms with van der Waals surface area (Å²) < 4.78 is 45.1. The molecule has 2 amide bonds. The van der Waals surface area contributed by atoms with Crippen LogP contribution in [0, 0.1) is 0 Å². The number of hydrogen-bond acceptors (Lipinski definition) is 4. The van der Waals surface area contributed by atoms with Gasteiger partial charge < -0.3 is 15.0 Å². The van der Waals surface area contributed by atoms with Crippen LogP contribution in [-0.4, -0.2) is 47.6 Å². The molecule has 0 unspecified atom stereocenters. The number of para-hydroxylation sites is 1. The maximum Gasteiger partial charge on any atom is 0.416 e. The molecule has 1 fully saturated rings. The van der Waals surface area contributed by atoms with E-state index in [0.29, 0.717) is 37.2 Å². The molecule has 2 N–H and O–H groups in total. The molecule has 4 aromatic rings. The minimum atomic E-state index is -4.50. The van der Waals surface area contributed by atoms with Crippen molar-refractivity contribution in [3.8, 4) is 0 Å². The number of nitrogens with one attached hydrogen (secondary N) is 2. The first-order valence-electron chi connectivity index (χ1n) is 12.4. The molecule has 0 radical (unpaired) electrons. The molecule has 3 aromatic carbocycles. The Labute approximate surface area is 216 Å². The summed E-state index contributed by atoms with van der Waals surface area (Å²) in [6.07, 6.45) is -4.11. The number of alkyl halides is 3. The predicted molar refractivity (Wildman–Crippen MR) is 138 cm³/mol. The molecule has 3 heterocycles. The fourth-order valence-electron chi connectivity index (χ4n) is 5.40. The molecule has 2 aliphatic heterocycles. The van der Waals surface area contributed by atoms with Crippen LogP contribution in [0.1, 0.15) is 24.0 Å². The van der Waals surface area contributed by atoms with Crippen LogP contribution in [0.4, 0.5) is 29.3 Å². The maximum absolute atomic E-state index is 13.3. The van der Waals surface area contributed by atoms with E-state index in [9.17, 15) is 22.8 Å². The van der Waals surface area contributed by atoms with Crippen LogP contribution in [0.5, 0.6) is 0 Å². The Morgan fingerprint density at radius 2 is 1.76 bits per heavy atom. The first-order chi connectivity index (χ1) is 18.3. The molecule has 196 valence electrons. The van der Waals surface area contributed by atoms with Crippen LogP contribution in [0.2, 0.25) is 0 Å². The lowest BCUT2D eigenvalue weighted by atomic mass is 9.99. The number of rotatable bonds is 4. The molecule has 0 bridgehead atoms. The molecule has 0 atom stereocenters. The number of cyclic esters (lactones) is 1. The number of H-pyrrole nitrogens is 1. The standard InChI is InChI=1S/C28H25F3N4O3/c29-28(30,31)18-6-5-17-16-38-27(37)35(25(17)13-18)20-9-11-34(12-10-20)15-26(36)32-19-7-8-24-22(14-19)21-3-1-2-4-23(21)33-24/h1-8,13-14,20,33H,9-12,15-16H2,(H,32,36). The smallest absolute Gasteiger partial charge is 0.416 e. The van der Waals surface area contributed by atoms with Gasteiger partial charge >= 0.3 is 12.3 Å². The highest BCUT2D eigenvalue weighted by atomic mass is 19.4. The Morgan fingerprint density at radius 3 is 2.55 bits per heavy atom. The summed E-state index contributed by atoms with van der Waals surface area (Å²) >= 11 is 0. The van der Waals surface area contributed by atoms with Gasteiger partial charge in [0.05, 0.1) is 17.8 Å². The van der Waals surface area contributed by atoms with Crippen molar-refractivity contribution in [2.24, 2.45) is 0 Å². The molecule has 10 heteroatoms. The van der Waals surface area contributed by atoms with Crippen molar-refractivity contribution in [3.05, 3.63) is 71.8 Å². The molecule has 38 heavy (non-hydrogen) atoms. The summed E-state index contributed by atoms with van der Waals surface area (Å²) in [4.78, 5) is 32.1. The average Bonchev–Trinajstić information content (AvgIpc) is 3.26. The first kappa shape index (κ1) is 24.3. The molecule has 7 nitrogen and oxygen atoms in total. The SMILES string of the molecule is O=C(CN1CCC(N2C(=O)OCc3ccc(C(F)(F)F)cc32)CC1)Nc1ccc2[nH]c3ccccc3c2c1. The van der Waals surface area contributed by atoms with E-state index in [1.807, 2.05) is 47.4 Å². The highest BCUT2D eigenvalue weighted by Crippen LogP contribution is 2.37. The Morgan fingerprint density at radius 1 is 1.00 bits per heavy atom. The Kier molecular flexibility index (Phi) is 5.98. The molecular formula is C28H25F3N4O3. The zero-order chi connectivity index (χ0) is 26.4. The van der Waals surface area contributed by atoms with Gasteiger partial charge in [-0.2, -0.15) is 13.2 Å². The van der Waals surface area contributed by atoms with Gasteiger partial charge in [0.1, 0.15) is 6.61 Å². The van der Waals surface area contributed by atoms with Crippen molar-refractivity contribution in [3.63, 3.8) is 0 Å². The van der Waals surface area contributed by atoms with Gasteiger partial charge in [-0.15, -0.1) is 0 Å². The predicted octanol–water partition coefficient (Wildman–Crippen LogP) is 5.90. The van der Waals surface area contributed by atoms with Crippen molar-refractivity contribution < 1.29 is 27.5 Å². The number of amides is 2. The fraction of sp³-hybridized carbons (Fsp3) is 0.286. The van der Waals surface area contributed by atoms with Crippen LogP contribution in [0.15, 0.2) is 60.7 Å². The van der Waals surface area contributed by atoms with E-state index >= 15 is 0 Å². The largest absolute Gasteiger partial charge is 0.444 e. The van der Waals surface area contributed by atoms with Crippen molar-refractivity contribution in [1.82, 2.24) is 9.88 Å². The zero-order valence-electron chi connectivity index (χ0n) is 20.3. The number of fused-ring (bicyclic) bond motifs is 4. The number of likely N-dealkylation sites (tertiary alicyclic amines) is 1. The number of carbonyl (C=O) groups is 2. The van der Waals surface area contributed by atoms with E-state index in [1.165, 1.54) is 11.0 Å². The zero-order valence-corrected chi connectivity index (χ0v) is 20.3. The Balaban J connectivity index is 1.10. The molecular weight excluding hydrogens is 497 g/mol. The minimum absolute atomic E-state index is 0.0494. The lowest BCUT2D eigenvalue weighted by Crippen LogP contribution is -2.50. The van der Waals surface area contributed by atoms with E-state index in [1.54, 1.807) is 0 Å². The topological polar surface area (TPSA) is 77.7 Å². The van der Waals surface area contributed by atoms with Crippen LogP contribution >= 0.6 is 0 Å². The highest BCUT2D eigenvalue weighted by Gasteiger charge is 2.37. The van der Waals surface area contributed by atoms with Gasteiger partial charge in [-0.3, -0.25) is 14.6 Å². The molecule has 0 saturated carbocycles. The minimum Gasteiger partial charge on any atom is -0.444 e. The third-order valence-corrected chi connectivity index (χ3v) is 7.30. The third-order valence-electron chi connectivity index (χ3n) is 7.30. The summed E-state index contributed by atoms with van der Waals surface area (Å²) in [5.74, 6) is -0.153. The van der Waals surface area contributed by atoms with Gasteiger partial charge in [0.2, 0.25) is 5.91 Å². The number of piperidine rings is 1. The van der Waals surface area contributed by atoms with Crippen LogP contribution in [-0.2, 0) is 22.3 Å². The molecule has 0 spiro atoms. The quantitative estimate of drug-likeness (QED) is 0.350. The van der Waals surface area contributed by atoms with E-state index in [4.69, 9.17) is 4.74 Å². The monoisotopic (exact) mass is 522 g/mol. The molecule has 0 aliphatic carbocycles. The summed E-state index contributed by atoms with van der Waals surface area (Å²) in [5, 5.41) is 5.08. The number of hydrogen-bond donors (Lipinski definition) is 2. The summed E-state index contributed by atoms with van der Waals surface area (Å²) in [6.45, 7) is 1.18. The van der Waals surface area contributed by atoms with Crippen LogP contribution < -0.4 is 10.2 Å². The van der Waals surface area contributed by atoms with E-state index < -0.39 is 17.8 Å².